The molecule has 2 saturated heterocycles. The monoisotopic (exact) mass is 239 g/mol. The highest BCUT2D eigenvalue weighted by molar-refractivity contribution is 5.79. The van der Waals surface area contributed by atoms with Crippen LogP contribution in [0.25, 0.3) is 0 Å². The zero-order valence-electron chi connectivity index (χ0n) is 11.1. The summed E-state index contributed by atoms with van der Waals surface area (Å²) in [6, 6.07) is 0.345. The third-order valence-corrected chi connectivity index (χ3v) is 4.11. The molecule has 0 spiro atoms. The van der Waals surface area contributed by atoms with Gasteiger partial charge in [-0.15, -0.1) is 0 Å². The number of rotatable bonds is 1. The van der Waals surface area contributed by atoms with Crippen molar-refractivity contribution >= 4 is 5.91 Å². The predicted molar refractivity (Wildman–Crippen MR) is 68.9 cm³/mol. The first-order valence-electron chi connectivity index (χ1n) is 6.89. The number of carbonyl (C=O) groups is 1. The number of nitrogens with one attached hydrogen (secondary N) is 1. The first-order valence-corrected chi connectivity index (χ1v) is 6.89. The minimum absolute atomic E-state index is 0.201. The average Bonchev–Trinajstić information content (AvgIpc) is 2.54. The van der Waals surface area contributed by atoms with Crippen LogP contribution in [-0.4, -0.2) is 61.5 Å². The van der Waals surface area contributed by atoms with E-state index in [0.29, 0.717) is 11.9 Å². The molecule has 2 unspecified atom stereocenters. The van der Waals surface area contributed by atoms with Gasteiger partial charge in [-0.2, -0.15) is 0 Å². The molecular weight excluding hydrogens is 214 g/mol. The fourth-order valence-corrected chi connectivity index (χ4v) is 2.88. The molecular formula is C13H25N3O. The van der Waals surface area contributed by atoms with Crippen molar-refractivity contribution in [1.29, 1.82) is 0 Å². The van der Waals surface area contributed by atoms with Crippen molar-refractivity contribution in [3.63, 3.8) is 0 Å². The van der Waals surface area contributed by atoms with Gasteiger partial charge in [0.25, 0.3) is 0 Å². The van der Waals surface area contributed by atoms with Gasteiger partial charge in [0.15, 0.2) is 0 Å². The van der Waals surface area contributed by atoms with Crippen molar-refractivity contribution in [2.75, 3.05) is 39.8 Å². The van der Waals surface area contributed by atoms with Crippen LogP contribution in [0, 0.1) is 5.92 Å². The van der Waals surface area contributed by atoms with Gasteiger partial charge in [-0.05, 0) is 46.3 Å². The number of nitrogens with zero attached hydrogens (tertiary/aromatic N) is 2. The molecule has 2 atom stereocenters. The Kier molecular flexibility index (Phi) is 4.40. The summed E-state index contributed by atoms with van der Waals surface area (Å²) in [6.45, 7) is 7.17. The molecule has 2 aliphatic heterocycles. The predicted octanol–water partition coefficient (Wildman–Crippen LogP) is 0.539. The maximum Gasteiger partial charge on any atom is 0.227 e. The standard InChI is InChI=1S/C13H25N3O/c1-11-12(5-3-6-14-11)13(17)16-8-4-7-15(2)9-10-16/h11-12,14H,3-10H2,1-2H3. The first kappa shape index (κ1) is 12.8. The lowest BCUT2D eigenvalue weighted by molar-refractivity contribution is -0.137. The molecule has 4 heteroatoms. The van der Waals surface area contributed by atoms with Gasteiger partial charge in [-0.25, -0.2) is 0 Å². The Bertz CT molecular complexity index is 269. The first-order chi connectivity index (χ1) is 8.18. The van der Waals surface area contributed by atoms with Crippen molar-refractivity contribution in [3.8, 4) is 0 Å². The molecule has 0 aromatic rings. The van der Waals surface area contributed by atoms with Crippen molar-refractivity contribution in [1.82, 2.24) is 15.1 Å². The molecule has 0 aromatic heterocycles. The lowest BCUT2D eigenvalue weighted by atomic mass is 9.90. The third kappa shape index (κ3) is 3.19. The van der Waals surface area contributed by atoms with Crippen LogP contribution < -0.4 is 5.32 Å². The van der Waals surface area contributed by atoms with Crippen LogP contribution in [0.5, 0.6) is 0 Å². The van der Waals surface area contributed by atoms with Crippen molar-refractivity contribution in [2.24, 2.45) is 5.92 Å². The zero-order chi connectivity index (χ0) is 12.3. The zero-order valence-corrected chi connectivity index (χ0v) is 11.1. The highest BCUT2D eigenvalue weighted by Gasteiger charge is 2.31. The minimum Gasteiger partial charge on any atom is -0.341 e. The van der Waals surface area contributed by atoms with E-state index in [1.807, 2.05) is 0 Å². The molecule has 98 valence electrons. The highest BCUT2D eigenvalue weighted by atomic mass is 16.2. The summed E-state index contributed by atoms with van der Waals surface area (Å²) >= 11 is 0. The molecule has 17 heavy (non-hydrogen) atoms. The topological polar surface area (TPSA) is 35.6 Å². The smallest absolute Gasteiger partial charge is 0.227 e. The van der Waals surface area contributed by atoms with Crippen LogP contribution in [0.15, 0.2) is 0 Å². The lowest BCUT2D eigenvalue weighted by Crippen LogP contribution is -2.48. The van der Waals surface area contributed by atoms with Gasteiger partial charge in [0.2, 0.25) is 5.91 Å². The molecule has 2 aliphatic rings. The summed E-state index contributed by atoms with van der Waals surface area (Å²) in [5, 5.41) is 3.42. The van der Waals surface area contributed by atoms with E-state index < -0.39 is 0 Å². The summed E-state index contributed by atoms with van der Waals surface area (Å²) in [5.74, 6) is 0.576. The molecule has 2 rings (SSSR count). The van der Waals surface area contributed by atoms with Crippen molar-refractivity contribution in [2.45, 2.75) is 32.2 Å². The second-order valence-electron chi connectivity index (χ2n) is 5.47. The number of amides is 1. The molecule has 1 N–H and O–H groups in total. The second kappa shape index (κ2) is 5.83. The molecule has 2 fully saturated rings. The number of hydrogen-bond acceptors (Lipinski definition) is 3. The van der Waals surface area contributed by atoms with Crippen molar-refractivity contribution < 1.29 is 4.79 Å². The number of piperidine rings is 1. The molecule has 0 bridgehead atoms. The Morgan fingerprint density at radius 1 is 1.18 bits per heavy atom. The van der Waals surface area contributed by atoms with Crippen LogP contribution in [0.3, 0.4) is 0 Å². The van der Waals surface area contributed by atoms with Crippen LogP contribution in [0.2, 0.25) is 0 Å². The van der Waals surface area contributed by atoms with Gasteiger partial charge in [0, 0.05) is 25.7 Å². The van der Waals surface area contributed by atoms with Crippen LogP contribution in [-0.2, 0) is 4.79 Å². The van der Waals surface area contributed by atoms with Gasteiger partial charge < -0.3 is 15.1 Å². The Labute approximate surface area is 104 Å². The molecule has 0 aromatic carbocycles. The molecule has 2 heterocycles. The Morgan fingerprint density at radius 3 is 2.76 bits per heavy atom. The third-order valence-electron chi connectivity index (χ3n) is 4.11. The second-order valence-corrected chi connectivity index (χ2v) is 5.47. The van der Waals surface area contributed by atoms with E-state index in [1.165, 1.54) is 0 Å². The van der Waals surface area contributed by atoms with E-state index in [0.717, 1.165) is 52.0 Å². The minimum atomic E-state index is 0.201. The van der Waals surface area contributed by atoms with E-state index in [9.17, 15) is 4.79 Å². The Balaban J connectivity index is 1.93. The normalized spacial score (nSPS) is 32.2. The van der Waals surface area contributed by atoms with E-state index in [2.05, 4.69) is 29.1 Å². The number of carbonyl (C=O) groups excluding carboxylic acids is 1. The quantitative estimate of drug-likeness (QED) is 0.725. The van der Waals surface area contributed by atoms with Crippen LogP contribution in [0.1, 0.15) is 26.2 Å². The summed E-state index contributed by atoms with van der Waals surface area (Å²) in [6.07, 6.45) is 3.30. The lowest BCUT2D eigenvalue weighted by Gasteiger charge is -2.33. The molecule has 4 nitrogen and oxygen atoms in total. The number of hydrogen-bond donors (Lipinski definition) is 1. The van der Waals surface area contributed by atoms with Gasteiger partial charge in [-0.3, -0.25) is 4.79 Å². The fraction of sp³-hybridized carbons (Fsp3) is 0.923. The number of likely N-dealkylation sites (N-methyl/N-ethyl adjacent to an activating group) is 1. The average molecular weight is 239 g/mol. The van der Waals surface area contributed by atoms with E-state index in [-0.39, 0.29) is 5.92 Å². The maximum absolute atomic E-state index is 12.5. The molecule has 0 saturated carbocycles. The maximum atomic E-state index is 12.5. The molecule has 0 aliphatic carbocycles. The summed E-state index contributed by atoms with van der Waals surface area (Å²) < 4.78 is 0. The SMILES string of the molecule is CC1NCCCC1C(=O)N1CCCN(C)CC1. The Morgan fingerprint density at radius 2 is 2.00 bits per heavy atom. The van der Waals surface area contributed by atoms with Crippen molar-refractivity contribution in [3.05, 3.63) is 0 Å². The molecule has 0 radical (unpaired) electrons. The Hall–Kier alpha value is -0.610. The summed E-state index contributed by atoms with van der Waals surface area (Å²) in [7, 11) is 2.14. The summed E-state index contributed by atoms with van der Waals surface area (Å²) in [5.41, 5.74) is 0. The largest absolute Gasteiger partial charge is 0.341 e. The van der Waals surface area contributed by atoms with Gasteiger partial charge in [-0.1, -0.05) is 0 Å². The highest BCUT2D eigenvalue weighted by Crippen LogP contribution is 2.19. The van der Waals surface area contributed by atoms with E-state index in [4.69, 9.17) is 0 Å². The molecule has 1 amide bonds. The van der Waals surface area contributed by atoms with E-state index >= 15 is 0 Å². The van der Waals surface area contributed by atoms with Gasteiger partial charge in [0.05, 0.1) is 5.92 Å². The van der Waals surface area contributed by atoms with Crippen LogP contribution >= 0.6 is 0 Å². The van der Waals surface area contributed by atoms with Crippen LogP contribution in [0.4, 0.5) is 0 Å². The van der Waals surface area contributed by atoms with E-state index in [1.54, 1.807) is 0 Å². The fourth-order valence-electron chi connectivity index (χ4n) is 2.88. The van der Waals surface area contributed by atoms with Gasteiger partial charge >= 0.3 is 0 Å². The summed E-state index contributed by atoms with van der Waals surface area (Å²) in [4.78, 5) is 16.9. The van der Waals surface area contributed by atoms with Gasteiger partial charge in [0.1, 0.15) is 0 Å².